The molecule has 118 valence electrons. The molecule has 0 saturated heterocycles. The SMILES string of the molecule is CCCNC(CSC1CCCC1)C1CCC(CC)CC1. The van der Waals surface area contributed by atoms with Gasteiger partial charge in [0.05, 0.1) is 0 Å². The maximum atomic E-state index is 3.88. The Kier molecular flexibility index (Phi) is 7.80. The Morgan fingerprint density at radius 3 is 2.30 bits per heavy atom. The van der Waals surface area contributed by atoms with Crippen molar-refractivity contribution in [3.05, 3.63) is 0 Å². The normalized spacial score (nSPS) is 29.7. The molecule has 20 heavy (non-hydrogen) atoms. The van der Waals surface area contributed by atoms with Crippen LogP contribution in [0.5, 0.6) is 0 Å². The molecule has 0 heterocycles. The van der Waals surface area contributed by atoms with E-state index in [1.54, 1.807) is 0 Å². The molecule has 2 rings (SSSR count). The zero-order valence-electron chi connectivity index (χ0n) is 13.7. The average Bonchev–Trinajstić information content (AvgIpc) is 3.01. The average molecular weight is 298 g/mol. The highest BCUT2D eigenvalue weighted by molar-refractivity contribution is 7.99. The summed E-state index contributed by atoms with van der Waals surface area (Å²) in [4.78, 5) is 0. The van der Waals surface area contributed by atoms with E-state index in [1.165, 1.54) is 76.5 Å². The summed E-state index contributed by atoms with van der Waals surface area (Å²) < 4.78 is 0. The first-order chi connectivity index (χ1) is 9.83. The first kappa shape index (κ1) is 16.7. The van der Waals surface area contributed by atoms with Crippen LogP contribution in [0.1, 0.15) is 78.1 Å². The van der Waals surface area contributed by atoms with E-state index in [1.807, 2.05) is 0 Å². The lowest BCUT2D eigenvalue weighted by molar-refractivity contribution is 0.228. The summed E-state index contributed by atoms with van der Waals surface area (Å²) in [6.45, 7) is 5.87. The third kappa shape index (κ3) is 5.26. The Balaban J connectivity index is 1.76. The van der Waals surface area contributed by atoms with Crippen LogP contribution >= 0.6 is 11.8 Å². The smallest absolute Gasteiger partial charge is 0.0186 e. The van der Waals surface area contributed by atoms with Gasteiger partial charge >= 0.3 is 0 Å². The number of hydrogen-bond donors (Lipinski definition) is 1. The van der Waals surface area contributed by atoms with Crippen LogP contribution in [0.15, 0.2) is 0 Å². The zero-order valence-corrected chi connectivity index (χ0v) is 14.5. The van der Waals surface area contributed by atoms with Gasteiger partial charge in [-0.2, -0.15) is 11.8 Å². The standard InChI is InChI=1S/C18H35NS/c1-3-13-19-18(14-20-17-7-5-6-8-17)16-11-9-15(4-2)10-12-16/h15-19H,3-14H2,1-2H3. The Bertz CT molecular complexity index is 242. The van der Waals surface area contributed by atoms with Crippen molar-refractivity contribution in [2.75, 3.05) is 12.3 Å². The van der Waals surface area contributed by atoms with Gasteiger partial charge in [-0.1, -0.05) is 46.0 Å². The summed E-state index contributed by atoms with van der Waals surface area (Å²) in [6.07, 6.45) is 14.5. The number of rotatable bonds is 8. The molecule has 0 aromatic rings. The van der Waals surface area contributed by atoms with Crippen LogP contribution in [0, 0.1) is 11.8 Å². The minimum absolute atomic E-state index is 0.790. The summed E-state index contributed by atoms with van der Waals surface area (Å²) in [5, 5.41) is 4.85. The van der Waals surface area contributed by atoms with E-state index < -0.39 is 0 Å². The van der Waals surface area contributed by atoms with Gasteiger partial charge in [0.1, 0.15) is 0 Å². The first-order valence-corrected chi connectivity index (χ1v) is 10.2. The molecule has 0 bridgehead atoms. The van der Waals surface area contributed by atoms with Crippen LogP contribution in [-0.4, -0.2) is 23.6 Å². The fraction of sp³-hybridized carbons (Fsp3) is 1.00. The fourth-order valence-corrected chi connectivity index (χ4v) is 5.52. The van der Waals surface area contributed by atoms with Crippen molar-refractivity contribution in [1.29, 1.82) is 0 Å². The molecule has 2 heteroatoms. The third-order valence-electron chi connectivity index (χ3n) is 5.51. The van der Waals surface area contributed by atoms with Gasteiger partial charge in [0.25, 0.3) is 0 Å². The predicted octanol–water partition coefficient (Wildman–Crippen LogP) is 5.25. The molecular weight excluding hydrogens is 262 g/mol. The summed E-state index contributed by atoms with van der Waals surface area (Å²) in [6, 6.07) is 0.790. The Hall–Kier alpha value is 0.310. The van der Waals surface area contributed by atoms with Gasteiger partial charge in [-0.3, -0.25) is 0 Å². The summed E-state index contributed by atoms with van der Waals surface area (Å²) >= 11 is 2.28. The van der Waals surface area contributed by atoms with E-state index in [0.717, 1.165) is 23.1 Å². The monoisotopic (exact) mass is 297 g/mol. The second kappa shape index (κ2) is 9.35. The van der Waals surface area contributed by atoms with E-state index in [2.05, 4.69) is 30.9 Å². The van der Waals surface area contributed by atoms with Crippen molar-refractivity contribution < 1.29 is 0 Å². The largest absolute Gasteiger partial charge is 0.313 e. The number of thioether (sulfide) groups is 1. The van der Waals surface area contributed by atoms with Gasteiger partial charge in [-0.15, -0.1) is 0 Å². The Labute approximate surface area is 131 Å². The van der Waals surface area contributed by atoms with Gasteiger partial charge < -0.3 is 5.32 Å². The van der Waals surface area contributed by atoms with Crippen molar-refractivity contribution in [3.63, 3.8) is 0 Å². The third-order valence-corrected chi connectivity index (χ3v) is 7.00. The summed E-state index contributed by atoms with van der Waals surface area (Å²) in [5.41, 5.74) is 0. The highest BCUT2D eigenvalue weighted by Gasteiger charge is 2.27. The Morgan fingerprint density at radius 1 is 1.00 bits per heavy atom. The molecular formula is C18H35NS. The van der Waals surface area contributed by atoms with Crippen molar-refractivity contribution >= 4 is 11.8 Å². The van der Waals surface area contributed by atoms with Gasteiger partial charge in [-0.05, 0) is 50.5 Å². The molecule has 0 aromatic heterocycles. The second-order valence-corrected chi connectivity index (χ2v) is 8.32. The maximum Gasteiger partial charge on any atom is 0.0186 e. The van der Waals surface area contributed by atoms with Crippen molar-refractivity contribution in [2.45, 2.75) is 89.3 Å². The molecule has 1 nitrogen and oxygen atoms in total. The minimum Gasteiger partial charge on any atom is -0.313 e. The van der Waals surface area contributed by atoms with Crippen LogP contribution in [0.4, 0.5) is 0 Å². The highest BCUT2D eigenvalue weighted by Crippen LogP contribution is 2.35. The van der Waals surface area contributed by atoms with Crippen LogP contribution in [0.25, 0.3) is 0 Å². The van der Waals surface area contributed by atoms with E-state index in [9.17, 15) is 0 Å². The highest BCUT2D eigenvalue weighted by atomic mass is 32.2. The van der Waals surface area contributed by atoms with Crippen molar-refractivity contribution in [2.24, 2.45) is 11.8 Å². The molecule has 1 atom stereocenters. The van der Waals surface area contributed by atoms with Crippen LogP contribution < -0.4 is 5.32 Å². The minimum atomic E-state index is 0.790. The van der Waals surface area contributed by atoms with E-state index >= 15 is 0 Å². The lowest BCUT2D eigenvalue weighted by Gasteiger charge is -2.34. The quantitative estimate of drug-likeness (QED) is 0.657. The van der Waals surface area contributed by atoms with Crippen LogP contribution in [0.2, 0.25) is 0 Å². The Morgan fingerprint density at radius 2 is 1.70 bits per heavy atom. The fourth-order valence-electron chi connectivity index (χ4n) is 3.99. The topological polar surface area (TPSA) is 12.0 Å². The van der Waals surface area contributed by atoms with Crippen molar-refractivity contribution in [1.82, 2.24) is 5.32 Å². The van der Waals surface area contributed by atoms with E-state index in [-0.39, 0.29) is 0 Å². The second-order valence-electron chi connectivity index (χ2n) is 6.99. The molecule has 0 radical (unpaired) electrons. The van der Waals surface area contributed by atoms with Crippen LogP contribution in [-0.2, 0) is 0 Å². The molecule has 2 fully saturated rings. The van der Waals surface area contributed by atoms with E-state index in [0.29, 0.717) is 0 Å². The first-order valence-electron chi connectivity index (χ1n) is 9.18. The molecule has 2 aliphatic rings. The molecule has 0 spiro atoms. The molecule has 0 aliphatic heterocycles. The zero-order chi connectivity index (χ0) is 14.2. The van der Waals surface area contributed by atoms with Crippen molar-refractivity contribution in [3.8, 4) is 0 Å². The number of nitrogens with one attached hydrogen (secondary N) is 1. The van der Waals surface area contributed by atoms with Gasteiger partial charge in [0, 0.05) is 17.0 Å². The molecule has 2 saturated carbocycles. The molecule has 0 amide bonds. The van der Waals surface area contributed by atoms with Crippen LogP contribution in [0.3, 0.4) is 0 Å². The molecule has 2 aliphatic carbocycles. The summed E-state index contributed by atoms with van der Waals surface area (Å²) in [7, 11) is 0. The van der Waals surface area contributed by atoms with E-state index in [4.69, 9.17) is 0 Å². The molecule has 0 aromatic carbocycles. The number of hydrogen-bond acceptors (Lipinski definition) is 2. The lowest BCUT2D eigenvalue weighted by Crippen LogP contribution is -2.40. The maximum absolute atomic E-state index is 3.88. The van der Waals surface area contributed by atoms with Gasteiger partial charge in [0.15, 0.2) is 0 Å². The lowest BCUT2D eigenvalue weighted by atomic mass is 9.78. The summed E-state index contributed by atoms with van der Waals surface area (Å²) in [5.74, 6) is 3.35. The molecule has 1 unspecified atom stereocenters. The molecule has 1 N–H and O–H groups in total. The predicted molar refractivity (Wildman–Crippen MR) is 92.5 cm³/mol. The van der Waals surface area contributed by atoms with Gasteiger partial charge in [0.2, 0.25) is 0 Å². The van der Waals surface area contributed by atoms with Gasteiger partial charge in [-0.25, -0.2) is 0 Å².